The summed E-state index contributed by atoms with van der Waals surface area (Å²) in [5.41, 5.74) is 0.629. The molecule has 0 saturated carbocycles. The molecule has 108 valence electrons. The molecule has 0 radical (unpaired) electrons. The Hall–Kier alpha value is -1.91. The normalized spacial score (nSPS) is 10.8. The van der Waals surface area contributed by atoms with Crippen LogP contribution in [0.15, 0.2) is 53.4 Å². The number of rotatable bonds is 5. The Morgan fingerprint density at radius 1 is 1.29 bits per heavy atom. The number of ether oxygens (including phenoxy) is 1. The zero-order chi connectivity index (χ0) is 15.2. The Bertz CT molecular complexity index is 683. The second kappa shape index (κ2) is 7.20. The molecule has 0 aliphatic heterocycles. The van der Waals surface area contributed by atoms with Gasteiger partial charge in [-0.1, -0.05) is 23.7 Å². The summed E-state index contributed by atoms with van der Waals surface area (Å²) in [5.74, 6) is 0.351. The van der Waals surface area contributed by atoms with Crippen LogP contribution in [0.4, 0.5) is 0 Å². The van der Waals surface area contributed by atoms with Crippen LogP contribution in [-0.2, 0) is 4.79 Å². The van der Waals surface area contributed by atoms with Crippen LogP contribution >= 0.6 is 23.4 Å². The first kappa shape index (κ1) is 15.5. The Morgan fingerprint density at radius 3 is 2.71 bits per heavy atom. The van der Waals surface area contributed by atoms with Crippen LogP contribution in [0, 0.1) is 0 Å². The van der Waals surface area contributed by atoms with E-state index in [-0.39, 0.29) is 0 Å². The molecular weight excluding hydrogens is 308 g/mol. The predicted molar refractivity (Wildman–Crippen MR) is 86.4 cm³/mol. The summed E-state index contributed by atoms with van der Waals surface area (Å²) in [5, 5.41) is 9.05. The molecule has 0 aliphatic rings. The van der Waals surface area contributed by atoms with Crippen LogP contribution in [0.3, 0.4) is 0 Å². The fraction of sp³-hybridized carbons (Fsp3) is 0.0625. The topological polar surface area (TPSA) is 46.5 Å². The fourth-order valence-corrected chi connectivity index (χ4v) is 2.46. The van der Waals surface area contributed by atoms with Crippen LogP contribution in [0.5, 0.6) is 11.5 Å². The van der Waals surface area contributed by atoms with E-state index in [4.69, 9.17) is 21.4 Å². The van der Waals surface area contributed by atoms with E-state index in [1.807, 2.05) is 30.5 Å². The van der Waals surface area contributed by atoms with Crippen molar-refractivity contribution < 1.29 is 14.6 Å². The maximum atomic E-state index is 10.5. The van der Waals surface area contributed by atoms with Crippen molar-refractivity contribution in [1.82, 2.24) is 0 Å². The molecule has 21 heavy (non-hydrogen) atoms. The maximum Gasteiger partial charge on any atom is 0.328 e. The highest BCUT2D eigenvalue weighted by Crippen LogP contribution is 2.33. The van der Waals surface area contributed by atoms with Gasteiger partial charge in [0.1, 0.15) is 11.5 Å². The molecule has 0 amide bonds. The number of aliphatic carboxylic acids is 1. The minimum atomic E-state index is -1.01. The van der Waals surface area contributed by atoms with Crippen molar-refractivity contribution in [2.75, 3.05) is 6.26 Å². The van der Waals surface area contributed by atoms with E-state index >= 15 is 0 Å². The minimum Gasteiger partial charge on any atom is -0.478 e. The molecule has 0 fully saturated rings. The molecule has 0 aromatic heterocycles. The molecule has 2 rings (SSSR count). The second-order valence-corrected chi connectivity index (χ2v) is 5.36. The number of carbonyl (C=O) groups is 1. The van der Waals surface area contributed by atoms with Gasteiger partial charge in [-0.05, 0) is 48.2 Å². The molecule has 5 heteroatoms. The molecular formula is C16H13ClO3S. The van der Waals surface area contributed by atoms with Crippen LogP contribution in [0.1, 0.15) is 5.56 Å². The number of hydrogen-bond acceptors (Lipinski definition) is 3. The average Bonchev–Trinajstić information content (AvgIpc) is 2.47. The summed E-state index contributed by atoms with van der Waals surface area (Å²) in [6.45, 7) is 0. The molecule has 1 N–H and O–H groups in total. The molecule has 2 aromatic carbocycles. The second-order valence-electron chi connectivity index (χ2n) is 4.11. The maximum absolute atomic E-state index is 10.5. The van der Waals surface area contributed by atoms with Crippen molar-refractivity contribution >= 4 is 35.4 Å². The number of thioether (sulfide) groups is 1. The van der Waals surface area contributed by atoms with Gasteiger partial charge in [-0.3, -0.25) is 0 Å². The van der Waals surface area contributed by atoms with Crippen molar-refractivity contribution in [2.24, 2.45) is 0 Å². The summed E-state index contributed by atoms with van der Waals surface area (Å²) >= 11 is 7.72. The summed E-state index contributed by atoms with van der Waals surface area (Å²) < 4.78 is 5.82. The number of para-hydroxylation sites is 1. The van der Waals surface area contributed by atoms with E-state index in [2.05, 4.69) is 0 Å². The summed E-state index contributed by atoms with van der Waals surface area (Å²) in [7, 11) is 0. The van der Waals surface area contributed by atoms with Gasteiger partial charge in [-0.2, -0.15) is 0 Å². The highest BCUT2D eigenvalue weighted by atomic mass is 35.5. The van der Waals surface area contributed by atoms with Crippen LogP contribution in [-0.4, -0.2) is 17.3 Å². The predicted octanol–water partition coefficient (Wildman–Crippen LogP) is 4.95. The van der Waals surface area contributed by atoms with Crippen molar-refractivity contribution in [1.29, 1.82) is 0 Å². The van der Waals surface area contributed by atoms with Gasteiger partial charge in [0.2, 0.25) is 0 Å². The SMILES string of the molecule is CSc1ccccc1Oc1ccc(/C=C/C(=O)O)c(Cl)c1. The minimum absolute atomic E-state index is 0.437. The van der Waals surface area contributed by atoms with E-state index in [0.29, 0.717) is 16.3 Å². The van der Waals surface area contributed by atoms with E-state index in [9.17, 15) is 4.79 Å². The molecule has 2 aromatic rings. The molecule has 0 heterocycles. The fourth-order valence-electron chi connectivity index (χ4n) is 1.70. The first-order valence-electron chi connectivity index (χ1n) is 6.11. The quantitative estimate of drug-likeness (QED) is 0.625. The van der Waals surface area contributed by atoms with Gasteiger partial charge in [0.05, 0.1) is 5.02 Å². The summed E-state index contributed by atoms with van der Waals surface area (Å²) in [6.07, 6.45) is 4.48. The smallest absolute Gasteiger partial charge is 0.328 e. The lowest BCUT2D eigenvalue weighted by Crippen LogP contribution is -1.88. The first-order chi connectivity index (χ1) is 10.1. The third-order valence-electron chi connectivity index (χ3n) is 2.67. The first-order valence-corrected chi connectivity index (χ1v) is 7.72. The van der Waals surface area contributed by atoms with Crippen molar-refractivity contribution in [3.05, 3.63) is 59.1 Å². The number of carboxylic acids is 1. The van der Waals surface area contributed by atoms with Gasteiger partial charge in [0.25, 0.3) is 0 Å². The lowest BCUT2D eigenvalue weighted by atomic mass is 10.2. The largest absolute Gasteiger partial charge is 0.478 e. The van der Waals surface area contributed by atoms with Crippen molar-refractivity contribution in [3.63, 3.8) is 0 Å². The Morgan fingerprint density at radius 2 is 2.05 bits per heavy atom. The lowest BCUT2D eigenvalue weighted by molar-refractivity contribution is -0.131. The van der Waals surface area contributed by atoms with Crippen molar-refractivity contribution in [2.45, 2.75) is 4.90 Å². The van der Waals surface area contributed by atoms with E-state index < -0.39 is 5.97 Å². The Kier molecular flexibility index (Phi) is 5.31. The van der Waals surface area contributed by atoms with Crippen LogP contribution in [0.25, 0.3) is 6.08 Å². The van der Waals surface area contributed by atoms with E-state index in [1.54, 1.807) is 30.0 Å². The molecule has 0 spiro atoms. The summed E-state index contributed by atoms with van der Waals surface area (Å²) in [6, 6.07) is 12.9. The van der Waals surface area contributed by atoms with Crippen molar-refractivity contribution in [3.8, 4) is 11.5 Å². The number of benzene rings is 2. The van der Waals surface area contributed by atoms with Gasteiger partial charge < -0.3 is 9.84 Å². The van der Waals surface area contributed by atoms with Gasteiger partial charge >= 0.3 is 5.97 Å². The molecule has 0 atom stereocenters. The highest BCUT2D eigenvalue weighted by Gasteiger charge is 2.05. The number of hydrogen-bond donors (Lipinski definition) is 1. The lowest BCUT2D eigenvalue weighted by Gasteiger charge is -2.10. The molecule has 0 saturated heterocycles. The van der Waals surface area contributed by atoms with Gasteiger partial charge in [0.15, 0.2) is 0 Å². The standard InChI is InChI=1S/C16H13ClO3S/c1-21-15-5-3-2-4-14(15)20-12-8-6-11(13(17)10-12)7-9-16(18)19/h2-10H,1H3,(H,18,19)/b9-7+. The Balaban J connectivity index is 2.22. The monoisotopic (exact) mass is 320 g/mol. The number of carboxylic acid groups (broad SMARTS) is 1. The zero-order valence-corrected chi connectivity index (χ0v) is 12.8. The van der Waals surface area contributed by atoms with Gasteiger partial charge in [0, 0.05) is 11.0 Å². The average molecular weight is 321 g/mol. The highest BCUT2D eigenvalue weighted by molar-refractivity contribution is 7.98. The molecule has 0 aliphatic carbocycles. The van der Waals surface area contributed by atoms with Crippen LogP contribution < -0.4 is 4.74 Å². The third-order valence-corrected chi connectivity index (χ3v) is 3.78. The molecule has 0 bridgehead atoms. The third kappa shape index (κ3) is 4.28. The van der Waals surface area contributed by atoms with E-state index in [1.165, 1.54) is 6.08 Å². The van der Waals surface area contributed by atoms with Gasteiger partial charge in [-0.15, -0.1) is 11.8 Å². The Labute approximate surface area is 132 Å². The van der Waals surface area contributed by atoms with Gasteiger partial charge in [-0.25, -0.2) is 4.79 Å². The zero-order valence-electron chi connectivity index (χ0n) is 11.2. The van der Waals surface area contributed by atoms with Crippen LogP contribution in [0.2, 0.25) is 5.02 Å². The molecule has 3 nitrogen and oxygen atoms in total. The summed E-state index contributed by atoms with van der Waals surface area (Å²) in [4.78, 5) is 11.5. The van der Waals surface area contributed by atoms with E-state index in [0.717, 1.165) is 16.7 Å². The number of halogens is 1. The molecule has 0 unspecified atom stereocenters.